The molecule has 1 amide bonds. The summed E-state index contributed by atoms with van der Waals surface area (Å²) < 4.78 is 40.5. The molecule has 9 heteroatoms. The van der Waals surface area contributed by atoms with Gasteiger partial charge in [-0.3, -0.25) is 4.79 Å². The fourth-order valence-corrected chi connectivity index (χ4v) is 2.22. The summed E-state index contributed by atoms with van der Waals surface area (Å²) in [5.41, 5.74) is 7.23. The molecule has 0 saturated heterocycles. The highest BCUT2D eigenvalue weighted by molar-refractivity contribution is 7.98. The van der Waals surface area contributed by atoms with Crippen LogP contribution in [-0.2, 0) is 22.7 Å². The van der Waals surface area contributed by atoms with Crippen molar-refractivity contribution in [3.8, 4) is 0 Å². The number of carbonyl (C=O) groups is 1. The number of ether oxygens (including phenoxy) is 1. The molecule has 1 atom stereocenters. The fourth-order valence-electron chi connectivity index (χ4n) is 1.73. The second kappa shape index (κ2) is 11.6. The molecule has 1 unspecified atom stereocenters. The van der Waals surface area contributed by atoms with E-state index in [1.807, 2.05) is 6.26 Å². The van der Waals surface area contributed by atoms with Gasteiger partial charge in [-0.2, -0.15) is 24.9 Å². The minimum atomic E-state index is -4.32. The summed E-state index contributed by atoms with van der Waals surface area (Å²) in [4.78, 5) is 11.8. The minimum absolute atomic E-state index is 0. The second-order valence-electron chi connectivity index (χ2n) is 5.03. The number of hydrogen-bond donors (Lipinski definition) is 2. The first-order chi connectivity index (χ1) is 10.8. The second-order valence-corrected chi connectivity index (χ2v) is 6.02. The predicted octanol–water partition coefficient (Wildman–Crippen LogP) is 2.88. The van der Waals surface area contributed by atoms with Gasteiger partial charge in [0.15, 0.2) is 0 Å². The van der Waals surface area contributed by atoms with Crippen LogP contribution in [0.3, 0.4) is 0 Å². The van der Waals surface area contributed by atoms with Gasteiger partial charge < -0.3 is 15.8 Å². The number of alkyl halides is 3. The Balaban J connectivity index is 0.00000529. The van der Waals surface area contributed by atoms with Crippen LogP contribution in [0.25, 0.3) is 0 Å². The SMILES string of the molecule is CSCCC(N)C(=O)NCc1ccc(COCC(F)(F)F)cc1.Cl. The lowest BCUT2D eigenvalue weighted by atomic mass is 10.1. The molecular weight excluding hydrogens is 365 g/mol. The Morgan fingerprint density at radius 3 is 2.42 bits per heavy atom. The number of rotatable bonds is 9. The number of nitrogens with one attached hydrogen (secondary N) is 1. The number of halogens is 4. The Bertz CT molecular complexity index is 487. The maximum Gasteiger partial charge on any atom is 0.411 e. The van der Waals surface area contributed by atoms with Gasteiger partial charge in [-0.15, -0.1) is 12.4 Å². The van der Waals surface area contributed by atoms with Crippen LogP contribution in [-0.4, -0.2) is 36.7 Å². The highest BCUT2D eigenvalue weighted by atomic mass is 35.5. The summed E-state index contributed by atoms with van der Waals surface area (Å²) in [5, 5.41) is 2.74. The van der Waals surface area contributed by atoms with Crippen molar-refractivity contribution in [2.24, 2.45) is 5.73 Å². The van der Waals surface area contributed by atoms with Crippen LogP contribution in [0.1, 0.15) is 17.5 Å². The molecule has 0 fully saturated rings. The lowest BCUT2D eigenvalue weighted by molar-refractivity contribution is -0.176. The van der Waals surface area contributed by atoms with E-state index >= 15 is 0 Å². The summed E-state index contributed by atoms with van der Waals surface area (Å²) >= 11 is 1.63. The number of carbonyl (C=O) groups excluding carboxylic acids is 1. The maximum atomic E-state index is 12.0. The molecule has 0 heterocycles. The summed E-state index contributed by atoms with van der Waals surface area (Å²) in [6.07, 6.45) is -1.76. The van der Waals surface area contributed by atoms with Gasteiger partial charge >= 0.3 is 6.18 Å². The van der Waals surface area contributed by atoms with Gasteiger partial charge in [0.05, 0.1) is 12.6 Å². The molecule has 138 valence electrons. The van der Waals surface area contributed by atoms with Crippen LogP contribution in [0.4, 0.5) is 13.2 Å². The van der Waals surface area contributed by atoms with E-state index in [4.69, 9.17) is 5.73 Å². The summed E-state index contributed by atoms with van der Waals surface area (Å²) in [6, 6.07) is 6.29. The van der Waals surface area contributed by atoms with Crippen LogP contribution in [0.5, 0.6) is 0 Å². The number of thioether (sulfide) groups is 1. The topological polar surface area (TPSA) is 64.4 Å². The summed E-state index contributed by atoms with van der Waals surface area (Å²) in [6.45, 7) is -1.04. The highest BCUT2D eigenvalue weighted by Crippen LogP contribution is 2.15. The summed E-state index contributed by atoms with van der Waals surface area (Å²) in [5.74, 6) is 0.609. The fraction of sp³-hybridized carbons (Fsp3) is 0.533. The van der Waals surface area contributed by atoms with Crippen molar-refractivity contribution in [2.75, 3.05) is 18.6 Å². The molecule has 0 bridgehead atoms. The third-order valence-corrected chi connectivity index (χ3v) is 3.64. The van der Waals surface area contributed by atoms with Crippen LogP contribution >= 0.6 is 24.2 Å². The van der Waals surface area contributed by atoms with Crippen LogP contribution in [0.2, 0.25) is 0 Å². The highest BCUT2D eigenvalue weighted by Gasteiger charge is 2.27. The molecule has 1 aromatic carbocycles. The molecule has 0 aliphatic heterocycles. The first-order valence-electron chi connectivity index (χ1n) is 7.06. The minimum Gasteiger partial charge on any atom is -0.367 e. The maximum absolute atomic E-state index is 12.0. The van der Waals surface area contributed by atoms with Crippen molar-refractivity contribution in [1.29, 1.82) is 0 Å². The van der Waals surface area contributed by atoms with Crippen LogP contribution in [0.15, 0.2) is 24.3 Å². The molecule has 3 N–H and O–H groups in total. The van der Waals surface area contributed by atoms with E-state index in [-0.39, 0.29) is 24.9 Å². The first-order valence-corrected chi connectivity index (χ1v) is 8.46. The molecule has 1 rings (SSSR count). The summed E-state index contributed by atoms with van der Waals surface area (Å²) in [7, 11) is 0. The average Bonchev–Trinajstić information content (AvgIpc) is 2.50. The van der Waals surface area contributed by atoms with Crippen molar-refractivity contribution >= 4 is 30.1 Å². The van der Waals surface area contributed by atoms with Gasteiger partial charge in [0, 0.05) is 6.54 Å². The van der Waals surface area contributed by atoms with E-state index in [1.54, 1.807) is 36.0 Å². The predicted molar refractivity (Wildman–Crippen MR) is 92.2 cm³/mol. The average molecular weight is 387 g/mol. The molecule has 4 nitrogen and oxygen atoms in total. The zero-order valence-electron chi connectivity index (χ0n) is 13.3. The number of benzene rings is 1. The van der Waals surface area contributed by atoms with Gasteiger partial charge in [-0.25, -0.2) is 0 Å². The van der Waals surface area contributed by atoms with E-state index in [9.17, 15) is 18.0 Å². The molecule has 0 spiro atoms. The Labute approximate surface area is 150 Å². The normalized spacial score (nSPS) is 12.4. The zero-order chi connectivity index (χ0) is 17.3. The lowest BCUT2D eigenvalue weighted by Crippen LogP contribution is -2.40. The standard InChI is InChI=1S/C15H21F3N2O2S.ClH/c1-23-7-6-13(19)14(21)20-8-11-2-4-12(5-3-11)9-22-10-15(16,17)18;/h2-5,13H,6-10,19H2,1H3,(H,20,21);1H. The Morgan fingerprint density at radius 2 is 1.88 bits per heavy atom. The van der Waals surface area contributed by atoms with Gasteiger partial charge in [0.1, 0.15) is 6.61 Å². The molecule has 24 heavy (non-hydrogen) atoms. The third-order valence-electron chi connectivity index (χ3n) is 2.99. The molecule has 1 aromatic rings. The Kier molecular flexibility index (Phi) is 11.1. The molecule has 0 aliphatic rings. The van der Waals surface area contributed by atoms with Crippen molar-refractivity contribution in [2.45, 2.75) is 31.8 Å². The van der Waals surface area contributed by atoms with E-state index in [0.717, 1.165) is 11.3 Å². The number of hydrogen-bond acceptors (Lipinski definition) is 4. The van der Waals surface area contributed by atoms with E-state index in [1.165, 1.54) is 0 Å². The first kappa shape index (κ1) is 23.0. The van der Waals surface area contributed by atoms with Gasteiger partial charge in [0.25, 0.3) is 0 Å². The zero-order valence-corrected chi connectivity index (χ0v) is 14.9. The smallest absolute Gasteiger partial charge is 0.367 e. The largest absolute Gasteiger partial charge is 0.411 e. The Morgan fingerprint density at radius 1 is 1.29 bits per heavy atom. The molecule has 0 aliphatic carbocycles. The van der Waals surface area contributed by atoms with Gasteiger partial charge in [-0.05, 0) is 29.6 Å². The number of nitrogens with two attached hydrogens (primary N) is 1. The third kappa shape index (κ3) is 10.0. The van der Waals surface area contributed by atoms with Crippen LogP contribution in [0, 0.1) is 0 Å². The van der Waals surface area contributed by atoms with E-state index in [2.05, 4.69) is 10.1 Å². The van der Waals surface area contributed by atoms with Gasteiger partial charge in [-0.1, -0.05) is 24.3 Å². The van der Waals surface area contributed by atoms with Crippen molar-refractivity contribution in [3.63, 3.8) is 0 Å². The lowest BCUT2D eigenvalue weighted by Gasteiger charge is -2.12. The van der Waals surface area contributed by atoms with Crippen molar-refractivity contribution in [3.05, 3.63) is 35.4 Å². The Hall–Kier alpha value is -0.960. The molecular formula is C15H22ClF3N2O2S. The monoisotopic (exact) mass is 386 g/mol. The van der Waals surface area contributed by atoms with Crippen molar-refractivity contribution < 1.29 is 22.7 Å². The molecule has 0 saturated carbocycles. The van der Waals surface area contributed by atoms with E-state index in [0.29, 0.717) is 18.5 Å². The van der Waals surface area contributed by atoms with Gasteiger partial charge in [0.2, 0.25) is 5.91 Å². The number of amides is 1. The van der Waals surface area contributed by atoms with Crippen LogP contribution < -0.4 is 11.1 Å². The molecule has 0 aromatic heterocycles. The quantitative estimate of drug-likeness (QED) is 0.685. The van der Waals surface area contributed by atoms with Crippen molar-refractivity contribution in [1.82, 2.24) is 5.32 Å². The molecule has 0 radical (unpaired) electrons. The van der Waals surface area contributed by atoms with E-state index < -0.39 is 18.8 Å².